The number of thioether (sulfide) groups is 1. The fraction of sp³-hybridized carbons (Fsp3) is 0.607. The fourth-order valence-corrected chi connectivity index (χ4v) is 5.36. The van der Waals surface area contributed by atoms with E-state index >= 15 is 0 Å². The molecule has 0 amide bonds. The number of epoxide rings is 1. The Kier molecular flexibility index (Phi) is 9.94. The number of allylic oxidation sites excluding steroid dienone is 3. The summed E-state index contributed by atoms with van der Waals surface area (Å²) >= 11 is 1.22. The van der Waals surface area contributed by atoms with E-state index in [4.69, 9.17) is 9.47 Å². The Morgan fingerprint density at radius 3 is 2.76 bits per heavy atom. The number of unbranched alkanes of at least 4 members (excludes halogenated alkanes) is 3. The van der Waals surface area contributed by atoms with E-state index in [2.05, 4.69) is 33.4 Å². The maximum atomic E-state index is 12.7. The van der Waals surface area contributed by atoms with E-state index in [1.807, 2.05) is 12.1 Å². The van der Waals surface area contributed by atoms with Crippen molar-refractivity contribution in [3.63, 3.8) is 0 Å². The third kappa shape index (κ3) is 7.92. The number of ether oxygens (including phenoxy) is 2. The van der Waals surface area contributed by atoms with Gasteiger partial charge in [0.1, 0.15) is 11.5 Å². The first-order chi connectivity index (χ1) is 15.9. The van der Waals surface area contributed by atoms with E-state index in [-0.39, 0.29) is 22.9 Å². The summed E-state index contributed by atoms with van der Waals surface area (Å²) in [5, 5.41) is 10.8. The van der Waals surface area contributed by atoms with Crippen LogP contribution < -0.4 is 4.74 Å². The van der Waals surface area contributed by atoms with Crippen molar-refractivity contribution in [2.45, 2.75) is 90.6 Å². The van der Waals surface area contributed by atoms with Gasteiger partial charge in [-0.2, -0.15) is 0 Å². The van der Waals surface area contributed by atoms with Gasteiger partial charge in [-0.05, 0) is 94.2 Å². The van der Waals surface area contributed by atoms with Crippen molar-refractivity contribution >= 4 is 17.1 Å². The second kappa shape index (κ2) is 12.7. The van der Waals surface area contributed by atoms with Gasteiger partial charge in [0.05, 0.1) is 12.7 Å². The SMILES string of the molecule is C=C(C)[C@@H]1CCC(C)=C[C@H]1c1c(O)cc(CCCCC)cc1OC(=O)SCCCCC1CO1. The Morgan fingerprint density at radius 1 is 1.27 bits per heavy atom. The highest BCUT2D eigenvalue weighted by Crippen LogP contribution is 2.47. The molecule has 2 aliphatic rings. The molecule has 1 aliphatic carbocycles. The van der Waals surface area contributed by atoms with Gasteiger partial charge in [0.2, 0.25) is 0 Å². The van der Waals surface area contributed by atoms with E-state index in [9.17, 15) is 9.90 Å². The largest absolute Gasteiger partial charge is 0.507 e. The fourth-order valence-electron chi connectivity index (χ4n) is 4.70. The van der Waals surface area contributed by atoms with E-state index in [1.165, 1.54) is 17.3 Å². The first-order valence-corrected chi connectivity index (χ1v) is 13.5. The average Bonchev–Trinajstić information content (AvgIpc) is 3.57. The van der Waals surface area contributed by atoms with Crippen LogP contribution in [0.4, 0.5) is 4.79 Å². The number of hydrogen-bond acceptors (Lipinski definition) is 5. The van der Waals surface area contributed by atoms with E-state index in [0.29, 0.717) is 11.9 Å². The highest BCUT2D eigenvalue weighted by Gasteiger charge is 2.31. The van der Waals surface area contributed by atoms with Gasteiger partial charge in [-0.1, -0.05) is 43.6 Å². The molecule has 1 aliphatic heterocycles. The molecule has 0 spiro atoms. The summed E-state index contributed by atoms with van der Waals surface area (Å²) in [6, 6.07) is 3.84. The monoisotopic (exact) mass is 472 g/mol. The van der Waals surface area contributed by atoms with E-state index < -0.39 is 0 Å². The molecule has 1 aromatic rings. The maximum Gasteiger partial charge on any atom is 0.372 e. The van der Waals surface area contributed by atoms with Crippen LogP contribution in [0, 0.1) is 5.92 Å². The third-order valence-corrected chi connectivity index (χ3v) is 7.51. The molecular formula is C28H40O4S. The van der Waals surface area contributed by atoms with E-state index in [0.717, 1.165) is 86.8 Å². The molecule has 4 nitrogen and oxygen atoms in total. The van der Waals surface area contributed by atoms with Crippen LogP contribution >= 0.6 is 11.8 Å². The minimum atomic E-state index is -0.299. The summed E-state index contributed by atoms with van der Waals surface area (Å²) in [6.45, 7) is 11.5. The van der Waals surface area contributed by atoms with Crippen molar-refractivity contribution < 1.29 is 19.4 Å². The number of aromatic hydroxyl groups is 1. The van der Waals surface area contributed by atoms with Crippen molar-refractivity contribution in [3.8, 4) is 11.5 Å². The maximum absolute atomic E-state index is 12.7. The molecule has 3 rings (SSSR count). The molecule has 0 radical (unpaired) electrons. The smallest absolute Gasteiger partial charge is 0.372 e. The van der Waals surface area contributed by atoms with Crippen LogP contribution in [-0.4, -0.2) is 28.9 Å². The highest BCUT2D eigenvalue weighted by molar-refractivity contribution is 8.13. The minimum absolute atomic E-state index is 0.0349. The number of phenolic OH excluding ortho intramolecular Hbond substituents is 1. The number of rotatable bonds is 12. The first kappa shape index (κ1) is 25.9. The summed E-state index contributed by atoms with van der Waals surface area (Å²) in [4.78, 5) is 12.7. The molecule has 3 atom stereocenters. The van der Waals surface area contributed by atoms with Crippen LogP contribution in [0.5, 0.6) is 11.5 Å². The van der Waals surface area contributed by atoms with Crippen molar-refractivity contribution in [2.75, 3.05) is 12.4 Å². The Labute approximate surface area is 203 Å². The Hall–Kier alpha value is -1.72. The summed E-state index contributed by atoms with van der Waals surface area (Å²) in [7, 11) is 0. The molecule has 0 aromatic heterocycles. The molecule has 1 heterocycles. The van der Waals surface area contributed by atoms with Crippen LogP contribution in [0.1, 0.15) is 89.2 Å². The van der Waals surface area contributed by atoms with Crippen LogP contribution in [0.2, 0.25) is 0 Å². The molecule has 5 heteroatoms. The zero-order valence-electron chi connectivity index (χ0n) is 20.5. The van der Waals surface area contributed by atoms with Crippen molar-refractivity contribution in [2.24, 2.45) is 5.92 Å². The van der Waals surface area contributed by atoms with Crippen LogP contribution in [-0.2, 0) is 11.2 Å². The molecular weight excluding hydrogens is 432 g/mol. The number of carbonyl (C=O) groups excluding carboxylic acids is 1. The molecule has 1 saturated heterocycles. The molecule has 1 aromatic carbocycles. The number of hydrogen-bond donors (Lipinski definition) is 1. The number of phenols is 1. The molecule has 1 fully saturated rings. The molecule has 0 bridgehead atoms. The number of carbonyl (C=O) groups is 1. The van der Waals surface area contributed by atoms with E-state index in [1.54, 1.807) is 0 Å². The molecule has 1 N–H and O–H groups in total. The summed E-state index contributed by atoms with van der Waals surface area (Å²) in [6.07, 6.45) is 12.0. The second-order valence-electron chi connectivity index (χ2n) is 9.67. The first-order valence-electron chi connectivity index (χ1n) is 12.5. The summed E-state index contributed by atoms with van der Waals surface area (Å²) < 4.78 is 11.2. The standard InChI is InChI=1S/C28H40O4S/c1-5-6-7-10-21-16-25(29)27(24-15-20(4)12-13-23(24)19(2)3)26(17-21)32-28(30)33-14-9-8-11-22-18-31-22/h15-17,22-24,29H,2,5-14,18H2,1,3-4H3/t22?,23-,24+/m0/s1. The molecule has 0 saturated carbocycles. The van der Waals surface area contributed by atoms with Gasteiger partial charge < -0.3 is 14.6 Å². The van der Waals surface area contributed by atoms with Crippen LogP contribution in [0.25, 0.3) is 0 Å². The zero-order valence-corrected chi connectivity index (χ0v) is 21.3. The van der Waals surface area contributed by atoms with Crippen molar-refractivity contribution in [1.82, 2.24) is 0 Å². The lowest BCUT2D eigenvalue weighted by Crippen LogP contribution is -2.18. The molecule has 1 unspecified atom stereocenters. The van der Waals surface area contributed by atoms with Crippen LogP contribution in [0.15, 0.2) is 35.9 Å². The van der Waals surface area contributed by atoms with Gasteiger partial charge in [0, 0.05) is 17.2 Å². The predicted octanol–water partition coefficient (Wildman–Crippen LogP) is 7.94. The Balaban J connectivity index is 1.78. The quantitative estimate of drug-likeness (QED) is 0.145. The molecule has 33 heavy (non-hydrogen) atoms. The number of benzene rings is 1. The zero-order chi connectivity index (χ0) is 23.8. The predicted molar refractivity (Wildman–Crippen MR) is 137 cm³/mol. The lowest BCUT2D eigenvalue weighted by atomic mass is 9.73. The molecule has 182 valence electrons. The van der Waals surface area contributed by atoms with Crippen molar-refractivity contribution in [1.29, 1.82) is 0 Å². The Morgan fingerprint density at radius 2 is 2.06 bits per heavy atom. The lowest BCUT2D eigenvalue weighted by Gasteiger charge is -2.32. The second-order valence-corrected chi connectivity index (χ2v) is 10.7. The summed E-state index contributed by atoms with van der Waals surface area (Å²) in [5.74, 6) is 1.66. The summed E-state index contributed by atoms with van der Waals surface area (Å²) in [5.41, 5.74) is 4.14. The highest BCUT2D eigenvalue weighted by atomic mass is 32.2. The number of aryl methyl sites for hydroxylation is 1. The van der Waals surface area contributed by atoms with Gasteiger partial charge in [-0.3, -0.25) is 0 Å². The Bertz CT molecular complexity index is 856. The van der Waals surface area contributed by atoms with Crippen molar-refractivity contribution in [3.05, 3.63) is 47.1 Å². The van der Waals surface area contributed by atoms with Gasteiger partial charge in [0.25, 0.3) is 0 Å². The third-order valence-electron chi connectivity index (χ3n) is 6.70. The van der Waals surface area contributed by atoms with Crippen LogP contribution in [0.3, 0.4) is 0 Å². The normalized spacial score (nSPS) is 22.0. The average molecular weight is 473 g/mol. The minimum Gasteiger partial charge on any atom is -0.507 e. The van der Waals surface area contributed by atoms with Gasteiger partial charge in [0.15, 0.2) is 0 Å². The van der Waals surface area contributed by atoms with Gasteiger partial charge in [-0.15, -0.1) is 0 Å². The van der Waals surface area contributed by atoms with Gasteiger partial charge >= 0.3 is 5.30 Å². The van der Waals surface area contributed by atoms with Gasteiger partial charge in [-0.25, -0.2) is 4.79 Å². The topological polar surface area (TPSA) is 59.1 Å². The lowest BCUT2D eigenvalue weighted by molar-refractivity contribution is 0.226.